The third-order valence-corrected chi connectivity index (χ3v) is 8.42. The first-order valence-electron chi connectivity index (χ1n) is 11.3. The number of halogens is 1. The van der Waals surface area contributed by atoms with Crippen LogP contribution in [-0.4, -0.2) is 62.2 Å². The van der Waals surface area contributed by atoms with E-state index in [1.165, 1.54) is 19.2 Å². The van der Waals surface area contributed by atoms with Crippen molar-refractivity contribution in [3.63, 3.8) is 0 Å². The summed E-state index contributed by atoms with van der Waals surface area (Å²) < 4.78 is 45.1. The number of sulfonamides is 1. The minimum absolute atomic E-state index is 0.296. The summed E-state index contributed by atoms with van der Waals surface area (Å²) in [6.07, 6.45) is 3.53. The number of likely N-dealkylation sites (tertiary alicyclic amines) is 1. The average Bonchev–Trinajstić information content (AvgIpc) is 3.51. The van der Waals surface area contributed by atoms with Crippen LogP contribution in [0.1, 0.15) is 24.5 Å². The highest BCUT2D eigenvalue weighted by atomic mass is 32.2. The monoisotopic (exact) mass is 486 g/mol. The third kappa shape index (κ3) is 4.16. The molecule has 34 heavy (non-hydrogen) atoms. The lowest BCUT2D eigenvalue weighted by atomic mass is 9.99. The van der Waals surface area contributed by atoms with Gasteiger partial charge < -0.3 is 14.6 Å². The zero-order valence-electron chi connectivity index (χ0n) is 19.0. The van der Waals surface area contributed by atoms with Crippen LogP contribution in [0.25, 0.3) is 22.2 Å². The van der Waals surface area contributed by atoms with E-state index in [9.17, 15) is 17.6 Å². The number of methoxy groups -OCH3 is 1. The van der Waals surface area contributed by atoms with Crippen molar-refractivity contribution in [1.29, 1.82) is 0 Å². The summed E-state index contributed by atoms with van der Waals surface area (Å²) in [6, 6.07) is 8.43. The molecule has 5 rings (SSSR count). The van der Waals surface area contributed by atoms with E-state index in [-0.39, 0.29) is 11.7 Å². The van der Waals surface area contributed by atoms with Gasteiger partial charge in [-0.3, -0.25) is 4.79 Å². The number of carbonyl (C=O) groups is 1. The van der Waals surface area contributed by atoms with Gasteiger partial charge in [-0.15, -0.1) is 0 Å². The molecule has 2 N–H and O–H groups in total. The van der Waals surface area contributed by atoms with Gasteiger partial charge in [-0.05, 0) is 73.5 Å². The van der Waals surface area contributed by atoms with Crippen LogP contribution in [0.15, 0.2) is 36.5 Å². The standard InChI is InChI=1S/C24H27FN4O4S/c1-26-34(31,32)13-23(30)29-11-15-7-14(8-16(15)12-29)21-10-20-18(5-6-27-24(20)28-21)19-9-17(25)3-4-22(19)33-2/h3-6,9-10,14-16,26H,7-8,11-13H2,1-2H3,(H,27,28)/t14-,15+,16-. The molecule has 1 aliphatic carbocycles. The van der Waals surface area contributed by atoms with Crippen molar-refractivity contribution in [2.24, 2.45) is 11.8 Å². The highest BCUT2D eigenvalue weighted by molar-refractivity contribution is 7.90. The second kappa shape index (κ2) is 8.66. The number of hydrogen-bond acceptors (Lipinski definition) is 5. The lowest BCUT2D eigenvalue weighted by molar-refractivity contribution is -0.127. The fourth-order valence-electron chi connectivity index (χ4n) is 5.48. The molecule has 3 aromatic rings. The molecular formula is C24H27FN4O4S. The van der Waals surface area contributed by atoms with Crippen molar-refractivity contribution < 1.29 is 22.3 Å². The second-order valence-corrected chi connectivity index (χ2v) is 11.1. The number of benzene rings is 1. The Morgan fingerprint density at radius 3 is 2.62 bits per heavy atom. The van der Waals surface area contributed by atoms with Crippen LogP contribution >= 0.6 is 0 Å². The number of H-pyrrole nitrogens is 1. The van der Waals surface area contributed by atoms with Crippen molar-refractivity contribution in [2.45, 2.75) is 18.8 Å². The molecule has 0 radical (unpaired) electrons. The normalized spacial score (nSPS) is 22.3. The summed E-state index contributed by atoms with van der Waals surface area (Å²) >= 11 is 0. The predicted octanol–water partition coefficient (Wildman–Crippen LogP) is 2.88. The minimum Gasteiger partial charge on any atom is -0.496 e. The second-order valence-electron chi connectivity index (χ2n) is 9.14. The van der Waals surface area contributed by atoms with E-state index in [1.54, 1.807) is 24.3 Å². The SMILES string of the molecule is CNS(=O)(=O)CC(=O)N1C[C@H]2C[C@H](c3cc4c(-c5cc(F)ccc5OC)ccnc4[nH]3)C[C@H]2C1. The van der Waals surface area contributed by atoms with E-state index in [0.717, 1.165) is 35.1 Å². The van der Waals surface area contributed by atoms with Gasteiger partial charge >= 0.3 is 0 Å². The fourth-order valence-corrected chi connectivity index (χ4v) is 6.13. The van der Waals surface area contributed by atoms with Crippen LogP contribution in [0.2, 0.25) is 0 Å². The van der Waals surface area contributed by atoms with Crippen LogP contribution in [0.5, 0.6) is 5.75 Å². The molecule has 1 amide bonds. The third-order valence-electron chi connectivity index (χ3n) is 7.17. The quantitative estimate of drug-likeness (QED) is 0.558. The molecule has 1 aliphatic heterocycles. The Labute approximate surface area is 197 Å². The number of nitrogens with one attached hydrogen (secondary N) is 2. The van der Waals surface area contributed by atoms with E-state index in [4.69, 9.17) is 4.74 Å². The zero-order valence-corrected chi connectivity index (χ0v) is 19.9. The number of aromatic nitrogens is 2. The molecule has 3 heterocycles. The number of rotatable bonds is 6. The van der Waals surface area contributed by atoms with Crippen LogP contribution in [-0.2, 0) is 14.8 Å². The highest BCUT2D eigenvalue weighted by Gasteiger charge is 2.43. The van der Waals surface area contributed by atoms with Crippen molar-refractivity contribution in [3.8, 4) is 16.9 Å². The topological polar surface area (TPSA) is 104 Å². The summed E-state index contributed by atoms with van der Waals surface area (Å²) in [5, 5.41) is 0.910. The summed E-state index contributed by atoms with van der Waals surface area (Å²) in [4.78, 5) is 22.0. The fraction of sp³-hybridized carbons (Fsp3) is 0.417. The first kappa shape index (κ1) is 22.8. The number of carbonyl (C=O) groups excluding carboxylic acids is 1. The number of ether oxygens (including phenoxy) is 1. The average molecular weight is 487 g/mol. The van der Waals surface area contributed by atoms with Crippen molar-refractivity contribution in [2.75, 3.05) is 33.0 Å². The van der Waals surface area contributed by atoms with Gasteiger partial charge in [0.2, 0.25) is 15.9 Å². The molecule has 180 valence electrons. The summed E-state index contributed by atoms with van der Waals surface area (Å²) in [5.74, 6) is 0.390. The summed E-state index contributed by atoms with van der Waals surface area (Å²) in [5.41, 5.74) is 3.35. The zero-order chi connectivity index (χ0) is 24.0. The Morgan fingerprint density at radius 2 is 1.94 bits per heavy atom. The molecule has 0 unspecified atom stereocenters. The maximum atomic E-state index is 14.0. The smallest absolute Gasteiger partial charge is 0.239 e. The van der Waals surface area contributed by atoms with Gasteiger partial charge in [-0.1, -0.05) is 0 Å². The number of fused-ring (bicyclic) bond motifs is 2. The Kier molecular flexibility index (Phi) is 5.81. The van der Waals surface area contributed by atoms with Gasteiger partial charge in [0.05, 0.1) is 7.11 Å². The molecule has 3 atom stereocenters. The van der Waals surface area contributed by atoms with Gasteiger partial charge in [-0.2, -0.15) is 0 Å². The predicted molar refractivity (Wildman–Crippen MR) is 126 cm³/mol. The minimum atomic E-state index is -3.57. The number of amides is 1. The van der Waals surface area contributed by atoms with Crippen LogP contribution in [0.4, 0.5) is 4.39 Å². The van der Waals surface area contributed by atoms with E-state index >= 15 is 0 Å². The molecule has 0 bridgehead atoms. The molecule has 0 spiro atoms. The number of aromatic amines is 1. The molecule has 1 saturated heterocycles. The van der Waals surface area contributed by atoms with Crippen LogP contribution in [0.3, 0.4) is 0 Å². The van der Waals surface area contributed by atoms with Crippen molar-refractivity contribution in [1.82, 2.24) is 19.6 Å². The lowest BCUT2D eigenvalue weighted by Gasteiger charge is -2.19. The summed E-state index contributed by atoms with van der Waals surface area (Å²) in [6.45, 7) is 1.17. The molecule has 1 saturated carbocycles. The number of hydrogen-bond donors (Lipinski definition) is 2. The van der Waals surface area contributed by atoms with Gasteiger partial charge in [-0.25, -0.2) is 22.5 Å². The first-order valence-corrected chi connectivity index (χ1v) is 12.9. The maximum Gasteiger partial charge on any atom is 0.239 e. The Bertz CT molecular complexity index is 1340. The van der Waals surface area contributed by atoms with Crippen molar-refractivity contribution in [3.05, 3.63) is 48.0 Å². The number of nitrogens with zero attached hydrogens (tertiary/aromatic N) is 2. The Morgan fingerprint density at radius 1 is 1.21 bits per heavy atom. The van der Waals surface area contributed by atoms with Crippen LogP contribution < -0.4 is 9.46 Å². The van der Waals surface area contributed by atoms with E-state index in [1.807, 2.05) is 6.07 Å². The van der Waals surface area contributed by atoms with Crippen LogP contribution in [0, 0.1) is 17.7 Å². The molecule has 2 fully saturated rings. The van der Waals surface area contributed by atoms with Crippen molar-refractivity contribution >= 4 is 27.0 Å². The van der Waals surface area contributed by atoms with E-state index in [0.29, 0.717) is 42.2 Å². The van der Waals surface area contributed by atoms with Gasteiger partial charge in [0.1, 0.15) is 23.0 Å². The molecule has 8 nitrogen and oxygen atoms in total. The lowest BCUT2D eigenvalue weighted by Crippen LogP contribution is -2.37. The molecule has 2 aromatic heterocycles. The first-order chi connectivity index (χ1) is 16.3. The molecule has 10 heteroatoms. The number of pyridine rings is 1. The van der Waals surface area contributed by atoms with E-state index in [2.05, 4.69) is 20.8 Å². The molecule has 1 aromatic carbocycles. The molecular weight excluding hydrogens is 459 g/mol. The Balaban J connectivity index is 1.35. The largest absolute Gasteiger partial charge is 0.496 e. The van der Waals surface area contributed by atoms with Gasteiger partial charge in [0.25, 0.3) is 0 Å². The van der Waals surface area contributed by atoms with Gasteiger partial charge in [0.15, 0.2) is 0 Å². The van der Waals surface area contributed by atoms with Gasteiger partial charge in [0, 0.05) is 35.9 Å². The maximum absolute atomic E-state index is 14.0. The highest BCUT2D eigenvalue weighted by Crippen LogP contribution is 2.47. The Hall–Kier alpha value is -2.98. The molecule has 2 aliphatic rings. The summed E-state index contributed by atoms with van der Waals surface area (Å²) in [7, 11) is -0.686. The van der Waals surface area contributed by atoms with E-state index < -0.39 is 15.8 Å².